The minimum atomic E-state index is -1.44. The summed E-state index contributed by atoms with van der Waals surface area (Å²) in [7, 11) is 0. The average molecular weight is 1020 g/mol. The van der Waals surface area contributed by atoms with Gasteiger partial charge in [0.05, 0.1) is 12.0 Å². The molecule has 15 N–H and O–H groups in total. The van der Waals surface area contributed by atoms with Gasteiger partial charge in [-0.2, -0.15) is 0 Å². The minimum Gasteiger partial charge on any atom is -0.370 e. The van der Waals surface area contributed by atoms with Gasteiger partial charge in [0.2, 0.25) is 53.2 Å². The van der Waals surface area contributed by atoms with E-state index in [1.54, 1.807) is 36.4 Å². The summed E-state index contributed by atoms with van der Waals surface area (Å²) in [6.07, 6.45) is 3.32. The Bertz CT molecular complexity index is 2600. The first kappa shape index (κ1) is 56.5. The molecule has 1 fully saturated rings. The number of aromatic amines is 1. The van der Waals surface area contributed by atoms with Crippen molar-refractivity contribution < 1.29 is 43.2 Å². The molecule has 3 aromatic carbocycles. The quantitative estimate of drug-likeness (QED) is 0.0313. The van der Waals surface area contributed by atoms with Crippen molar-refractivity contribution in [1.82, 2.24) is 57.8 Å². The number of imidazole rings is 1. The molecule has 5 rings (SSSR count). The van der Waals surface area contributed by atoms with Crippen LogP contribution in [-0.4, -0.2) is 124 Å². The lowest BCUT2D eigenvalue weighted by atomic mass is 10.0. The Labute approximate surface area is 428 Å². The SMILES string of the molecule is CCCC[C@H](NC(C)=O)C(=O)N[C@H]1CCC(=O)NCCC(C(=O)N[C@H](Cc2ccc3ccccc3c2)C(N)=O)NC(=O)[C@H](CCCNC(=N)N)NC(=O)[C@@H](Cc2ccccc2)NC(=O)[C@H](Cc2c[nH]cn2)NC1=O. The van der Waals surface area contributed by atoms with E-state index >= 15 is 0 Å². The molecule has 0 aliphatic carbocycles. The van der Waals surface area contributed by atoms with E-state index < -0.39 is 95.5 Å². The maximum absolute atomic E-state index is 14.6. The lowest BCUT2D eigenvalue weighted by Gasteiger charge is -2.28. The number of unbranched alkanes of at least 4 members (excludes halogenated alkanes) is 1. The smallest absolute Gasteiger partial charge is 0.243 e. The number of carbonyl (C=O) groups is 9. The number of primary amides is 1. The number of benzene rings is 3. The van der Waals surface area contributed by atoms with Gasteiger partial charge >= 0.3 is 0 Å². The number of hydrogen-bond acceptors (Lipinski definition) is 11. The summed E-state index contributed by atoms with van der Waals surface area (Å²) in [6, 6.07) is 12.5. The summed E-state index contributed by atoms with van der Waals surface area (Å²) in [5.74, 6) is -7.18. The van der Waals surface area contributed by atoms with Gasteiger partial charge < -0.3 is 64.3 Å². The Hall–Kier alpha value is -8.37. The molecule has 1 unspecified atom stereocenters. The van der Waals surface area contributed by atoms with Crippen LogP contribution in [0.3, 0.4) is 0 Å². The molecule has 9 amide bonds. The van der Waals surface area contributed by atoms with Crippen molar-refractivity contribution in [3.05, 3.63) is 102 Å². The molecule has 7 atom stereocenters. The number of nitrogens with one attached hydrogen (secondary N) is 11. The van der Waals surface area contributed by atoms with Crippen LogP contribution in [0.1, 0.15) is 82.0 Å². The van der Waals surface area contributed by atoms with Crippen LogP contribution in [0.15, 0.2) is 85.3 Å². The van der Waals surface area contributed by atoms with E-state index in [1.165, 1.54) is 19.4 Å². The highest BCUT2D eigenvalue weighted by molar-refractivity contribution is 5.98. The van der Waals surface area contributed by atoms with Crippen molar-refractivity contribution in [2.75, 3.05) is 13.1 Å². The first-order valence-electron chi connectivity index (χ1n) is 24.7. The second kappa shape index (κ2) is 28.6. The summed E-state index contributed by atoms with van der Waals surface area (Å²) in [5, 5.41) is 33.6. The molecule has 0 saturated carbocycles. The van der Waals surface area contributed by atoms with E-state index in [0.717, 1.165) is 10.8 Å². The number of rotatable bonds is 19. The fraction of sp³-hybridized carbons (Fsp3) is 0.431. The highest BCUT2D eigenvalue weighted by atomic mass is 16.2. The summed E-state index contributed by atoms with van der Waals surface area (Å²) < 4.78 is 0. The molecule has 1 aliphatic rings. The molecule has 0 spiro atoms. The summed E-state index contributed by atoms with van der Waals surface area (Å²) in [6.45, 7) is 3.05. The first-order chi connectivity index (χ1) is 35.5. The molecular formula is C51H68N14O9. The second-order valence-electron chi connectivity index (χ2n) is 18.2. The van der Waals surface area contributed by atoms with Crippen LogP contribution in [0.2, 0.25) is 0 Å². The highest BCUT2D eigenvalue weighted by Gasteiger charge is 2.35. The van der Waals surface area contributed by atoms with Gasteiger partial charge in [-0.15, -0.1) is 0 Å². The molecule has 23 heteroatoms. The number of H-pyrrole nitrogens is 1. The van der Waals surface area contributed by atoms with Gasteiger partial charge in [0.1, 0.15) is 42.3 Å². The number of aromatic nitrogens is 2. The lowest BCUT2D eigenvalue weighted by molar-refractivity contribution is -0.135. The predicted octanol–water partition coefficient (Wildman–Crippen LogP) is -0.757. The largest absolute Gasteiger partial charge is 0.370 e. The van der Waals surface area contributed by atoms with Crippen LogP contribution >= 0.6 is 0 Å². The van der Waals surface area contributed by atoms with Crippen LogP contribution in [0, 0.1) is 5.41 Å². The third kappa shape index (κ3) is 18.3. The molecular weight excluding hydrogens is 953 g/mol. The molecule has 2 heterocycles. The van der Waals surface area contributed by atoms with Crippen molar-refractivity contribution in [2.24, 2.45) is 11.5 Å². The maximum Gasteiger partial charge on any atom is 0.243 e. The van der Waals surface area contributed by atoms with E-state index in [0.29, 0.717) is 29.7 Å². The van der Waals surface area contributed by atoms with Crippen molar-refractivity contribution in [3.63, 3.8) is 0 Å². The van der Waals surface area contributed by atoms with Crippen LogP contribution in [0.25, 0.3) is 10.8 Å². The molecule has 23 nitrogen and oxygen atoms in total. The summed E-state index contributed by atoms with van der Waals surface area (Å²) in [5.41, 5.74) is 13.0. The van der Waals surface area contributed by atoms with E-state index in [1.807, 2.05) is 43.3 Å². The molecule has 1 aromatic heterocycles. The first-order valence-corrected chi connectivity index (χ1v) is 24.7. The van der Waals surface area contributed by atoms with Gasteiger partial charge in [-0.3, -0.25) is 48.6 Å². The fourth-order valence-corrected chi connectivity index (χ4v) is 8.32. The number of carbonyl (C=O) groups excluding carboxylic acids is 9. The fourth-order valence-electron chi connectivity index (χ4n) is 8.32. The van der Waals surface area contributed by atoms with E-state index in [9.17, 15) is 43.2 Å². The third-order valence-corrected chi connectivity index (χ3v) is 12.3. The van der Waals surface area contributed by atoms with Crippen LogP contribution < -0.4 is 59.3 Å². The summed E-state index contributed by atoms with van der Waals surface area (Å²) >= 11 is 0. The van der Waals surface area contributed by atoms with Crippen LogP contribution in [0.4, 0.5) is 0 Å². The van der Waals surface area contributed by atoms with Crippen molar-refractivity contribution >= 4 is 69.9 Å². The zero-order valence-corrected chi connectivity index (χ0v) is 41.6. The lowest BCUT2D eigenvalue weighted by Crippen LogP contribution is -2.60. The zero-order valence-electron chi connectivity index (χ0n) is 41.6. The number of hydrogen-bond donors (Lipinski definition) is 13. The van der Waals surface area contributed by atoms with Gasteiger partial charge in [0.25, 0.3) is 0 Å². The number of guanidine groups is 1. The highest BCUT2D eigenvalue weighted by Crippen LogP contribution is 2.17. The minimum absolute atomic E-state index is 0.00231. The number of nitrogens with zero attached hydrogens (tertiary/aromatic N) is 1. The predicted molar refractivity (Wildman–Crippen MR) is 274 cm³/mol. The number of fused-ring (bicyclic) bond motifs is 1. The van der Waals surface area contributed by atoms with Gasteiger partial charge in [0, 0.05) is 51.9 Å². The van der Waals surface area contributed by atoms with E-state index in [-0.39, 0.29) is 76.8 Å². The Balaban J connectivity index is 1.51. The second-order valence-corrected chi connectivity index (χ2v) is 18.2. The number of nitrogens with two attached hydrogens (primary N) is 2. The molecule has 4 aromatic rings. The van der Waals surface area contributed by atoms with Crippen LogP contribution in [0.5, 0.6) is 0 Å². The maximum atomic E-state index is 14.6. The standard InChI is InChI=1S/C51H68N14O9/c1-3-4-15-36(59-30(2)66)45(69)61-38-19-20-43(67)56-23-21-39(48(72)63-40(44(52)68)26-32-17-18-33-13-8-9-14-34(33)24-32)62-46(70)37(16-10-22-57-51(53)54)60-49(73)41(25-31-11-6-5-7-12-31)64-50(74)42(65-47(38)71)27-35-28-55-29-58-35/h5-9,11-14,17-18,24,28-29,36-42H,3-4,10,15-16,19-23,25-27H2,1-2H3,(H2,52,68)(H,55,58)(H,56,67)(H,59,66)(H,60,73)(H,61,69)(H,62,70)(H,63,72)(H,64,74)(H,65,71)(H4,53,54,57)/t36-,37-,38-,39?,40+,41+,42-/m0/s1. The Morgan fingerprint density at radius 3 is 2.11 bits per heavy atom. The van der Waals surface area contributed by atoms with Gasteiger partial charge in [-0.25, -0.2) is 4.98 Å². The van der Waals surface area contributed by atoms with Gasteiger partial charge in [-0.05, 0) is 54.0 Å². The van der Waals surface area contributed by atoms with Crippen molar-refractivity contribution in [3.8, 4) is 0 Å². The molecule has 0 radical (unpaired) electrons. The number of amides is 9. The molecule has 0 bridgehead atoms. The van der Waals surface area contributed by atoms with Crippen LogP contribution in [-0.2, 0) is 62.4 Å². The van der Waals surface area contributed by atoms with E-state index in [4.69, 9.17) is 16.9 Å². The molecule has 396 valence electrons. The Morgan fingerprint density at radius 2 is 1.43 bits per heavy atom. The summed E-state index contributed by atoms with van der Waals surface area (Å²) in [4.78, 5) is 132. The molecule has 1 aliphatic heterocycles. The zero-order chi connectivity index (χ0) is 53.6. The average Bonchev–Trinajstić information content (AvgIpc) is 3.89. The Kier molecular flexibility index (Phi) is 21.9. The van der Waals surface area contributed by atoms with E-state index in [2.05, 4.69) is 57.8 Å². The molecule has 1 saturated heterocycles. The monoisotopic (exact) mass is 1020 g/mol. The Morgan fingerprint density at radius 1 is 0.757 bits per heavy atom. The third-order valence-electron chi connectivity index (χ3n) is 12.3. The van der Waals surface area contributed by atoms with Crippen molar-refractivity contribution in [1.29, 1.82) is 5.41 Å². The topological polar surface area (TPSA) is 366 Å². The normalized spacial score (nSPS) is 20.0. The molecule has 74 heavy (non-hydrogen) atoms. The van der Waals surface area contributed by atoms with Crippen molar-refractivity contribution in [2.45, 2.75) is 127 Å². The van der Waals surface area contributed by atoms with Gasteiger partial charge in [-0.1, -0.05) is 92.6 Å². The van der Waals surface area contributed by atoms with Gasteiger partial charge in [0.15, 0.2) is 5.96 Å².